The summed E-state index contributed by atoms with van der Waals surface area (Å²) >= 11 is 0. The van der Waals surface area contributed by atoms with Crippen molar-refractivity contribution in [3.05, 3.63) is 17.3 Å². The predicted molar refractivity (Wildman–Crippen MR) is 146 cm³/mol. The first-order valence-corrected chi connectivity index (χ1v) is 14.6. The van der Waals surface area contributed by atoms with Gasteiger partial charge in [0.1, 0.15) is 29.1 Å². The fourth-order valence-corrected chi connectivity index (χ4v) is 7.44. The summed E-state index contributed by atoms with van der Waals surface area (Å²) in [6.07, 6.45) is 8.51. The molecule has 0 amide bonds. The van der Waals surface area contributed by atoms with E-state index in [4.69, 9.17) is 19.2 Å². The van der Waals surface area contributed by atoms with Crippen molar-refractivity contribution in [3.8, 4) is 17.5 Å². The van der Waals surface area contributed by atoms with Crippen LogP contribution in [-0.4, -0.2) is 76.7 Å². The molecule has 2 saturated heterocycles. The zero-order valence-corrected chi connectivity index (χ0v) is 23.3. The molecule has 0 radical (unpaired) electrons. The number of hydrogen-bond donors (Lipinski definition) is 1. The van der Waals surface area contributed by atoms with E-state index < -0.39 is 5.41 Å². The summed E-state index contributed by atoms with van der Waals surface area (Å²) in [5, 5.41) is 8.17. The largest absolute Gasteiger partial charge is 0.459 e. The van der Waals surface area contributed by atoms with Crippen molar-refractivity contribution < 1.29 is 14.1 Å². The maximum absolute atomic E-state index is 13.2. The Bertz CT molecular complexity index is 1170. The predicted octanol–water partition coefficient (Wildman–Crippen LogP) is 3.90. The van der Waals surface area contributed by atoms with Gasteiger partial charge in [-0.3, -0.25) is 9.69 Å². The molecule has 1 spiro atoms. The third kappa shape index (κ3) is 4.62. The van der Waals surface area contributed by atoms with E-state index in [1.165, 1.54) is 6.42 Å². The van der Waals surface area contributed by atoms with Crippen LogP contribution in [-0.2, 0) is 16.6 Å². The lowest BCUT2D eigenvalue weighted by atomic mass is 9.64. The topological polar surface area (TPSA) is 96.6 Å². The summed E-state index contributed by atoms with van der Waals surface area (Å²) in [5.41, 5.74) is 2.13. The van der Waals surface area contributed by atoms with Gasteiger partial charge in [-0.15, -0.1) is 0 Å². The highest BCUT2D eigenvalue weighted by atomic mass is 16.5. The Labute approximate surface area is 225 Å². The number of aromatic nitrogens is 3. The average molecular weight is 523 g/mol. The van der Waals surface area contributed by atoms with Crippen LogP contribution in [0.5, 0.6) is 6.01 Å². The summed E-state index contributed by atoms with van der Waals surface area (Å²) in [7, 11) is 2.16. The minimum Gasteiger partial charge on any atom is -0.459 e. The number of Topliss-reactive ketones (excluding diaryl/α,β-unsaturated/α-hetero) is 1. The first-order chi connectivity index (χ1) is 18.3. The molecule has 0 unspecified atom stereocenters. The molecule has 2 aromatic rings. The number of hydrogen-bond acceptors (Lipinski definition) is 9. The van der Waals surface area contributed by atoms with Crippen LogP contribution in [0.4, 0.5) is 5.82 Å². The Hall–Kier alpha value is -2.52. The van der Waals surface area contributed by atoms with E-state index in [-0.39, 0.29) is 6.10 Å². The van der Waals surface area contributed by atoms with Gasteiger partial charge in [0.15, 0.2) is 5.76 Å². The van der Waals surface area contributed by atoms with Crippen molar-refractivity contribution in [1.29, 1.82) is 0 Å². The fourth-order valence-electron chi connectivity index (χ4n) is 7.44. The lowest BCUT2D eigenvalue weighted by molar-refractivity contribution is -0.127. The molecule has 1 N–H and O–H groups in total. The number of rotatable bonds is 5. The molecule has 5 atom stereocenters. The van der Waals surface area contributed by atoms with Gasteiger partial charge < -0.3 is 19.5 Å². The second-order valence-corrected chi connectivity index (χ2v) is 12.2. The lowest BCUT2D eigenvalue weighted by Gasteiger charge is -2.37. The summed E-state index contributed by atoms with van der Waals surface area (Å²) in [6, 6.07) is 3.45. The second kappa shape index (κ2) is 10.2. The number of ketones is 1. The second-order valence-electron chi connectivity index (χ2n) is 12.2. The number of nitrogens with zero attached hydrogens (tertiary/aromatic N) is 5. The van der Waals surface area contributed by atoms with Gasteiger partial charge >= 0.3 is 6.01 Å². The Morgan fingerprint density at radius 1 is 1.11 bits per heavy atom. The van der Waals surface area contributed by atoms with Crippen molar-refractivity contribution >= 4 is 11.6 Å². The highest BCUT2D eigenvalue weighted by molar-refractivity contribution is 5.91. The maximum atomic E-state index is 13.2. The van der Waals surface area contributed by atoms with E-state index in [9.17, 15) is 4.79 Å². The molecule has 2 aliphatic heterocycles. The Balaban J connectivity index is 1.39. The lowest BCUT2D eigenvalue weighted by Crippen LogP contribution is -2.54. The summed E-state index contributed by atoms with van der Waals surface area (Å²) < 4.78 is 12.5. The zero-order chi connectivity index (χ0) is 26.4. The van der Waals surface area contributed by atoms with Gasteiger partial charge in [0.25, 0.3) is 0 Å². The normalized spacial score (nSPS) is 31.0. The van der Waals surface area contributed by atoms with Crippen LogP contribution in [0.15, 0.2) is 10.6 Å². The van der Waals surface area contributed by atoms with Gasteiger partial charge in [-0.2, -0.15) is 9.97 Å². The van der Waals surface area contributed by atoms with E-state index in [1.54, 1.807) is 0 Å². The molecule has 2 aliphatic carbocycles. The van der Waals surface area contributed by atoms with Crippen LogP contribution in [0.1, 0.15) is 83.4 Å². The van der Waals surface area contributed by atoms with E-state index in [2.05, 4.69) is 48.1 Å². The molecule has 1 saturated carbocycles. The standard InChI is InChI=1S/C29H42N6O3/c1-18-16-35(17-19(2)30-18)25-15-22(31-28(32-25)37-20(3)23-10-8-14-34(23)4)26-21-9-7-13-29(27(21)33-38-26)12-6-5-11-24(29)36/h15,18-20,23,30H,5-14,16-17H2,1-4H3/t18-,19-,20-,23-,29+/m0/s1. The van der Waals surface area contributed by atoms with Crippen molar-refractivity contribution in [2.75, 3.05) is 31.6 Å². The fraction of sp³-hybridized carbons (Fsp3) is 0.724. The van der Waals surface area contributed by atoms with Crippen LogP contribution < -0.4 is 15.0 Å². The number of likely N-dealkylation sites (N-methyl/N-ethyl adjacent to an activating group) is 1. The molecule has 6 rings (SSSR count). The quantitative estimate of drug-likeness (QED) is 0.627. The number of fused-ring (bicyclic) bond motifs is 2. The molecular formula is C29H42N6O3. The molecule has 4 aliphatic rings. The molecule has 206 valence electrons. The monoisotopic (exact) mass is 522 g/mol. The molecule has 4 heterocycles. The highest BCUT2D eigenvalue weighted by Crippen LogP contribution is 2.47. The van der Waals surface area contributed by atoms with Crippen LogP contribution in [0, 0.1) is 0 Å². The smallest absolute Gasteiger partial charge is 0.319 e. The first-order valence-electron chi connectivity index (χ1n) is 14.6. The molecular weight excluding hydrogens is 480 g/mol. The number of carbonyl (C=O) groups is 1. The molecule has 9 nitrogen and oxygen atoms in total. The minimum atomic E-state index is -0.478. The van der Waals surface area contributed by atoms with Gasteiger partial charge in [0.2, 0.25) is 0 Å². The van der Waals surface area contributed by atoms with Gasteiger partial charge in [-0.05, 0) is 79.3 Å². The number of ether oxygens (including phenoxy) is 1. The third-order valence-corrected chi connectivity index (χ3v) is 9.28. The Kier molecular flexibility index (Phi) is 6.93. The van der Waals surface area contributed by atoms with E-state index in [0.29, 0.717) is 47.8 Å². The molecule has 3 fully saturated rings. The van der Waals surface area contributed by atoms with Gasteiger partial charge in [-0.25, -0.2) is 0 Å². The zero-order valence-electron chi connectivity index (χ0n) is 23.3. The van der Waals surface area contributed by atoms with Gasteiger partial charge in [0, 0.05) is 49.3 Å². The number of carbonyl (C=O) groups excluding carboxylic acids is 1. The highest BCUT2D eigenvalue weighted by Gasteiger charge is 2.48. The van der Waals surface area contributed by atoms with Crippen molar-refractivity contribution in [2.24, 2.45) is 0 Å². The summed E-state index contributed by atoms with van der Waals surface area (Å²) in [6.45, 7) is 9.32. The number of nitrogens with one attached hydrogen (secondary N) is 1. The van der Waals surface area contributed by atoms with E-state index >= 15 is 0 Å². The molecule has 9 heteroatoms. The number of piperazine rings is 1. The van der Waals surface area contributed by atoms with Crippen molar-refractivity contribution in [1.82, 2.24) is 25.3 Å². The molecule has 0 aromatic carbocycles. The first kappa shape index (κ1) is 25.7. The van der Waals surface area contributed by atoms with Crippen LogP contribution in [0.2, 0.25) is 0 Å². The maximum Gasteiger partial charge on any atom is 0.319 e. The Morgan fingerprint density at radius 3 is 2.63 bits per heavy atom. The minimum absolute atomic E-state index is 0.0294. The Morgan fingerprint density at radius 2 is 1.89 bits per heavy atom. The van der Waals surface area contributed by atoms with Crippen LogP contribution >= 0.6 is 0 Å². The van der Waals surface area contributed by atoms with Crippen LogP contribution in [0.3, 0.4) is 0 Å². The molecule has 38 heavy (non-hydrogen) atoms. The summed E-state index contributed by atoms with van der Waals surface area (Å²) in [4.78, 5) is 27.7. The van der Waals surface area contributed by atoms with Crippen LogP contribution in [0.25, 0.3) is 11.5 Å². The van der Waals surface area contributed by atoms with E-state index in [1.807, 2.05) is 6.07 Å². The average Bonchev–Trinajstić information content (AvgIpc) is 3.52. The SMILES string of the molecule is C[C@H](Oc1nc(-c2onc3c2CCC[C@@]32CCCCC2=O)cc(N2C[C@H](C)N[C@@H](C)C2)n1)[C@@H]1CCCN1C. The third-order valence-electron chi connectivity index (χ3n) is 9.28. The van der Waals surface area contributed by atoms with Crippen molar-refractivity contribution in [2.45, 2.75) is 108 Å². The number of anilines is 1. The summed E-state index contributed by atoms with van der Waals surface area (Å²) in [5.74, 6) is 1.85. The molecule has 0 bridgehead atoms. The van der Waals surface area contributed by atoms with E-state index in [0.717, 1.165) is 81.7 Å². The van der Waals surface area contributed by atoms with Crippen molar-refractivity contribution in [3.63, 3.8) is 0 Å². The van der Waals surface area contributed by atoms with Gasteiger partial charge in [-0.1, -0.05) is 11.6 Å². The van der Waals surface area contributed by atoms with Gasteiger partial charge in [0.05, 0.1) is 5.41 Å². The molecule has 2 aromatic heterocycles. The number of likely N-dealkylation sites (tertiary alicyclic amines) is 1.